The minimum Gasteiger partial charge on any atom is -0.364 e. The smallest absolute Gasteiger partial charge is 0.364 e. The quantitative estimate of drug-likeness (QED) is 0.401. The Bertz CT molecular complexity index is 1550. The van der Waals surface area contributed by atoms with E-state index < -0.39 is 35.2 Å². The minimum absolute atomic E-state index is 0.0688. The summed E-state index contributed by atoms with van der Waals surface area (Å²) in [5.74, 6) is -2.69. The number of aryl methyl sites for hydroxylation is 1. The van der Waals surface area contributed by atoms with Crippen molar-refractivity contribution in [1.82, 2.24) is 14.8 Å². The third kappa shape index (κ3) is 4.72. The van der Waals surface area contributed by atoms with Gasteiger partial charge in [0.15, 0.2) is 5.69 Å². The molecule has 36 heavy (non-hydrogen) atoms. The van der Waals surface area contributed by atoms with Crippen LogP contribution in [-0.2, 0) is 12.7 Å². The number of rotatable bonds is 5. The van der Waals surface area contributed by atoms with E-state index in [4.69, 9.17) is 11.0 Å². The summed E-state index contributed by atoms with van der Waals surface area (Å²) in [6.45, 7) is 1.02. The fourth-order valence-electron chi connectivity index (χ4n) is 3.69. The van der Waals surface area contributed by atoms with Gasteiger partial charge in [0.05, 0.1) is 40.6 Å². The van der Waals surface area contributed by atoms with Crippen LogP contribution in [-0.4, -0.2) is 26.6 Å². The molecular weight excluding hydrogens is 480 g/mol. The summed E-state index contributed by atoms with van der Waals surface area (Å²) in [5, 5.41) is 15.2. The van der Waals surface area contributed by atoms with Gasteiger partial charge in [-0.1, -0.05) is 12.1 Å². The normalized spacial score (nSPS) is 11.3. The molecule has 182 valence electrons. The third-order valence-electron chi connectivity index (χ3n) is 5.32. The van der Waals surface area contributed by atoms with Gasteiger partial charge in [0.25, 0.3) is 11.8 Å². The van der Waals surface area contributed by atoms with Crippen molar-refractivity contribution >= 4 is 28.4 Å². The van der Waals surface area contributed by atoms with Gasteiger partial charge in [0.1, 0.15) is 11.5 Å². The van der Waals surface area contributed by atoms with Crippen LogP contribution in [0.3, 0.4) is 0 Å². The maximum absolute atomic E-state index is 14.1. The summed E-state index contributed by atoms with van der Waals surface area (Å²) in [6, 6.07) is 12.1. The summed E-state index contributed by atoms with van der Waals surface area (Å²) in [5.41, 5.74) is 3.53. The van der Waals surface area contributed by atoms with E-state index in [1.54, 1.807) is 0 Å². The molecule has 2 amide bonds. The van der Waals surface area contributed by atoms with Crippen LogP contribution in [0.5, 0.6) is 0 Å². The number of amides is 2. The van der Waals surface area contributed by atoms with Crippen molar-refractivity contribution in [3.63, 3.8) is 0 Å². The van der Waals surface area contributed by atoms with Gasteiger partial charge in [-0.3, -0.25) is 14.3 Å². The Morgan fingerprint density at radius 3 is 2.44 bits per heavy atom. The molecule has 0 unspecified atom stereocenters. The number of nitrogens with two attached hydrogens (primary N) is 1. The predicted molar refractivity (Wildman–Crippen MR) is 120 cm³/mol. The lowest BCUT2D eigenvalue weighted by Gasteiger charge is -2.14. The molecule has 2 aromatic heterocycles. The zero-order valence-electron chi connectivity index (χ0n) is 18.5. The molecule has 2 aromatic carbocycles. The van der Waals surface area contributed by atoms with E-state index in [1.165, 1.54) is 37.3 Å². The van der Waals surface area contributed by atoms with Crippen molar-refractivity contribution in [3.05, 3.63) is 88.1 Å². The Hall–Kier alpha value is -4.79. The highest BCUT2D eigenvalue weighted by atomic mass is 19.4. The van der Waals surface area contributed by atoms with Crippen LogP contribution in [0.25, 0.3) is 10.9 Å². The number of benzene rings is 2. The molecule has 0 aliphatic rings. The average molecular weight is 496 g/mol. The highest BCUT2D eigenvalue weighted by Crippen LogP contribution is 2.37. The van der Waals surface area contributed by atoms with Gasteiger partial charge in [0.2, 0.25) is 0 Å². The standard InChI is InChI=1S/C24H16F4N6O2/c1-12-20(21(24(26,27)28)34(33-12)11-14-4-2-13(10-29)3-5-14)32-23(36)17-9-19(22(30)35)31-18-8-15(25)6-7-16(17)18/h2-9H,11H2,1H3,(H2,30,35)(H,32,36). The molecule has 4 aromatic rings. The molecule has 0 bridgehead atoms. The number of aromatic nitrogens is 3. The summed E-state index contributed by atoms with van der Waals surface area (Å²) in [6.07, 6.45) is -4.89. The number of nitrogens with zero attached hydrogens (tertiary/aromatic N) is 4. The second-order valence-electron chi connectivity index (χ2n) is 7.81. The number of nitrogens with one attached hydrogen (secondary N) is 1. The topological polar surface area (TPSA) is 127 Å². The van der Waals surface area contributed by atoms with Gasteiger partial charge < -0.3 is 11.1 Å². The van der Waals surface area contributed by atoms with E-state index in [0.29, 0.717) is 15.8 Å². The third-order valence-corrected chi connectivity index (χ3v) is 5.32. The monoisotopic (exact) mass is 496 g/mol. The molecule has 12 heteroatoms. The Morgan fingerprint density at radius 2 is 1.83 bits per heavy atom. The zero-order valence-corrected chi connectivity index (χ0v) is 18.5. The van der Waals surface area contributed by atoms with E-state index in [2.05, 4.69) is 15.4 Å². The number of pyridine rings is 1. The lowest BCUT2D eigenvalue weighted by Crippen LogP contribution is -2.21. The molecule has 4 rings (SSSR count). The molecule has 0 aliphatic carbocycles. The summed E-state index contributed by atoms with van der Waals surface area (Å²) in [7, 11) is 0. The zero-order chi connectivity index (χ0) is 26.2. The number of nitriles is 1. The second-order valence-corrected chi connectivity index (χ2v) is 7.81. The lowest BCUT2D eigenvalue weighted by atomic mass is 10.1. The number of carbonyl (C=O) groups is 2. The largest absolute Gasteiger partial charge is 0.435 e. The maximum atomic E-state index is 14.1. The van der Waals surface area contributed by atoms with Crippen LogP contribution in [0, 0.1) is 24.1 Å². The van der Waals surface area contributed by atoms with E-state index >= 15 is 0 Å². The van der Waals surface area contributed by atoms with Gasteiger partial charge in [-0.2, -0.15) is 23.5 Å². The Balaban J connectivity index is 1.77. The number of anilines is 1. The van der Waals surface area contributed by atoms with Crippen LogP contribution in [0.15, 0.2) is 48.5 Å². The minimum atomic E-state index is -4.89. The summed E-state index contributed by atoms with van der Waals surface area (Å²) < 4.78 is 56.7. The van der Waals surface area contributed by atoms with Crippen molar-refractivity contribution in [1.29, 1.82) is 5.26 Å². The van der Waals surface area contributed by atoms with Crippen molar-refractivity contribution in [2.24, 2.45) is 5.73 Å². The van der Waals surface area contributed by atoms with Gasteiger partial charge in [0, 0.05) is 11.5 Å². The summed E-state index contributed by atoms with van der Waals surface area (Å²) >= 11 is 0. The van der Waals surface area contributed by atoms with Gasteiger partial charge >= 0.3 is 6.18 Å². The molecule has 0 radical (unpaired) electrons. The number of fused-ring (bicyclic) bond motifs is 1. The van der Waals surface area contributed by atoms with Crippen LogP contribution in [0.1, 0.15) is 43.4 Å². The van der Waals surface area contributed by atoms with Crippen molar-refractivity contribution in [2.75, 3.05) is 5.32 Å². The fraction of sp³-hybridized carbons (Fsp3) is 0.125. The number of hydrogen-bond acceptors (Lipinski definition) is 5. The molecule has 2 heterocycles. The molecule has 0 saturated carbocycles. The second kappa shape index (κ2) is 9.10. The first-order valence-electron chi connectivity index (χ1n) is 10.3. The van der Waals surface area contributed by atoms with E-state index in [9.17, 15) is 27.2 Å². The van der Waals surface area contributed by atoms with E-state index in [0.717, 1.165) is 18.2 Å². The van der Waals surface area contributed by atoms with Crippen LogP contribution in [0.2, 0.25) is 0 Å². The predicted octanol–water partition coefficient (Wildman–Crippen LogP) is 4.17. The number of primary amides is 1. The SMILES string of the molecule is Cc1nn(Cc2ccc(C#N)cc2)c(C(F)(F)F)c1NC(=O)c1cc(C(N)=O)nc2cc(F)ccc12. The van der Waals surface area contributed by atoms with Crippen LogP contribution in [0.4, 0.5) is 23.2 Å². The maximum Gasteiger partial charge on any atom is 0.435 e. The highest BCUT2D eigenvalue weighted by molar-refractivity contribution is 6.14. The van der Waals surface area contributed by atoms with Gasteiger partial charge in [-0.15, -0.1) is 0 Å². The molecule has 3 N–H and O–H groups in total. The van der Waals surface area contributed by atoms with E-state index in [1.807, 2.05) is 6.07 Å². The molecule has 0 fully saturated rings. The number of hydrogen-bond donors (Lipinski definition) is 2. The van der Waals surface area contributed by atoms with Crippen LogP contribution < -0.4 is 11.1 Å². The van der Waals surface area contributed by atoms with E-state index in [-0.39, 0.29) is 34.4 Å². The average Bonchev–Trinajstić information content (AvgIpc) is 3.13. The molecule has 0 aliphatic heterocycles. The molecule has 0 spiro atoms. The number of alkyl halides is 3. The Labute approximate surface area is 201 Å². The fourth-order valence-corrected chi connectivity index (χ4v) is 3.69. The lowest BCUT2D eigenvalue weighted by molar-refractivity contribution is -0.143. The van der Waals surface area contributed by atoms with Crippen molar-refractivity contribution < 1.29 is 27.2 Å². The number of halogens is 4. The number of carbonyl (C=O) groups excluding carboxylic acids is 2. The van der Waals surface area contributed by atoms with Gasteiger partial charge in [-0.25, -0.2) is 9.37 Å². The highest BCUT2D eigenvalue weighted by Gasteiger charge is 2.40. The first-order chi connectivity index (χ1) is 17.0. The Morgan fingerprint density at radius 1 is 1.14 bits per heavy atom. The first-order valence-corrected chi connectivity index (χ1v) is 10.3. The molecular formula is C24H16F4N6O2. The summed E-state index contributed by atoms with van der Waals surface area (Å²) in [4.78, 5) is 28.7. The Kier molecular flexibility index (Phi) is 6.15. The van der Waals surface area contributed by atoms with Crippen molar-refractivity contribution in [2.45, 2.75) is 19.6 Å². The molecule has 8 nitrogen and oxygen atoms in total. The van der Waals surface area contributed by atoms with Gasteiger partial charge in [-0.05, 0) is 42.8 Å². The molecule has 0 atom stereocenters. The van der Waals surface area contributed by atoms with Crippen LogP contribution >= 0.6 is 0 Å². The first kappa shape index (κ1) is 24.3. The van der Waals surface area contributed by atoms with Crippen molar-refractivity contribution in [3.8, 4) is 6.07 Å². The molecule has 0 saturated heterocycles.